The normalized spacial score (nSPS) is 15.8. The van der Waals surface area contributed by atoms with Crippen LogP contribution in [0.4, 0.5) is 23.3 Å². The number of rotatable bonds is 7. The molecule has 1 fully saturated rings. The monoisotopic (exact) mass is 482 g/mol. The Labute approximate surface area is 210 Å². The largest absolute Gasteiger partial charge is 0.350 e. The third kappa shape index (κ3) is 4.86. The number of pyridine rings is 1. The number of carbonyl (C=O) groups excluding carboxylic acids is 1. The zero-order valence-electron chi connectivity index (χ0n) is 20.6. The van der Waals surface area contributed by atoms with Crippen LogP contribution in [-0.2, 0) is 18.4 Å². The fraction of sp³-hybridized carbons (Fsp3) is 0.370. The van der Waals surface area contributed by atoms with E-state index in [1.165, 1.54) is 17.3 Å². The van der Waals surface area contributed by atoms with Gasteiger partial charge in [0.1, 0.15) is 17.2 Å². The molecule has 0 unspecified atom stereocenters. The molecule has 2 aliphatic rings. The number of carbonyl (C=O) groups is 1. The number of benzene rings is 1. The van der Waals surface area contributed by atoms with Crippen LogP contribution < -0.4 is 21.3 Å². The average molecular weight is 483 g/mol. The van der Waals surface area contributed by atoms with E-state index in [1.54, 1.807) is 0 Å². The van der Waals surface area contributed by atoms with Gasteiger partial charge in [-0.3, -0.25) is 4.79 Å². The predicted octanol–water partition coefficient (Wildman–Crippen LogP) is 4.09. The summed E-state index contributed by atoms with van der Waals surface area (Å²) in [7, 11) is 0. The Kier molecular flexibility index (Phi) is 6.53. The number of nitriles is 1. The summed E-state index contributed by atoms with van der Waals surface area (Å²) in [5.41, 5.74) is 4.00. The van der Waals surface area contributed by atoms with Crippen LogP contribution in [0.15, 0.2) is 42.6 Å². The Balaban J connectivity index is 1.45. The molecule has 9 heteroatoms. The van der Waals surface area contributed by atoms with E-state index < -0.39 is 5.41 Å². The highest BCUT2D eigenvalue weighted by Crippen LogP contribution is 2.42. The van der Waals surface area contributed by atoms with Crippen molar-refractivity contribution in [2.45, 2.75) is 57.5 Å². The van der Waals surface area contributed by atoms with Gasteiger partial charge in [0, 0.05) is 24.5 Å². The summed E-state index contributed by atoms with van der Waals surface area (Å²) in [5.74, 6) is 0.958. The molecule has 4 N–H and O–H groups in total. The Morgan fingerprint density at radius 3 is 2.75 bits per heavy atom. The van der Waals surface area contributed by atoms with Crippen molar-refractivity contribution in [1.29, 1.82) is 5.26 Å². The molecule has 2 aromatic heterocycles. The number of nitrogens with one attached hydrogen (secondary N) is 4. The first-order valence-corrected chi connectivity index (χ1v) is 12.4. The van der Waals surface area contributed by atoms with E-state index in [2.05, 4.69) is 49.4 Å². The van der Waals surface area contributed by atoms with Gasteiger partial charge < -0.3 is 21.3 Å². The van der Waals surface area contributed by atoms with Crippen molar-refractivity contribution >= 4 is 29.2 Å². The van der Waals surface area contributed by atoms with Gasteiger partial charge in [0.25, 0.3) is 5.91 Å². The molecular weight excluding hydrogens is 452 g/mol. The number of amides is 1. The molecule has 1 aromatic carbocycles. The van der Waals surface area contributed by atoms with Crippen molar-refractivity contribution in [1.82, 2.24) is 25.6 Å². The zero-order chi connectivity index (χ0) is 25.1. The third-order valence-corrected chi connectivity index (χ3v) is 6.71. The number of nitrogens with zero attached hydrogens (tertiary/aromatic N) is 4. The Morgan fingerprint density at radius 2 is 2.00 bits per heavy atom. The average Bonchev–Trinajstić information content (AvgIpc) is 2.84. The van der Waals surface area contributed by atoms with Crippen molar-refractivity contribution < 1.29 is 4.79 Å². The molecule has 0 bridgehead atoms. The topological polar surface area (TPSA) is 128 Å². The summed E-state index contributed by atoms with van der Waals surface area (Å²) in [6.07, 6.45) is 5.16. The van der Waals surface area contributed by atoms with Crippen LogP contribution in [0.1, 0.15) is 60.3 Å². The molecule has 3 aromatic rings. The lowest BCUT2D eigenvalue weighted by Crippen LogP contribution is -2.33. The number of anilines is 4. The van der Waals surface area contributed by atoms with Gasteiger partial charge in [-0.05, 0) is 81.5 Å². The first-order chi connectivity index (χ1) is 17.5. The van der Waals surface area contributed by atoms with E-state index in [9.17, 15) is 10.1 Å². The summed E-state index contributed by atoms with van der Waals surface area (Å²) < 4.78 is 0. The minimum Gasteiger partial charge on any atom is -0.350 e. The first-order valence-electron chi connectivity index (χ1n) is 12.4. The molecule has 0 saturated heterocycles. The van der Waals surface area contributed by atoms with Gasteiger partial charge in [-0.1, -0.05) is 12.1 Å². The second kappa shape index (κ2) is 9.91. The van der Waals surface area contributed by atoms with E-state index in [4.69, 9.17) is 4.98 Å². The van der Waals surface area contributed by atoms with Gasteiger partial charge in [0.15, 0.2) is 0 Å². The van der Waals surface area contributed by atoms with Crippen molar-refractivity contribution in [3.05, 3.63) is 65.0 Å². The fourth-order valence-electron chi connectivity index (χ4n) is 4.58. The van der Waals surface area contributed by atoms with E-state index in [-0.39, 0.29) is 11.9 Å². The summed E-state index contributed by atoms with van der Waals surface area (Å²) in [6.45, 7) is 5.62. The maximum Gasteiger partial charge on any atom is 0.256 e. The van der Waals surface area contributed by atoms with Crippen molar-refractivity contribution in [2.75, 3.05) is 17.2 Å². The van der Waals surface area contributed by atoms with Crippen LogP contribution in [-0.4, -0.2) is 33.4 Å². The molecule has 1 aliphatic heterocycles. The van der Waals surface area contributed by atoms with Gasteiger partial charge in [-0.25, -0.2) is 9.97 Å². The minimum absolute atomic E-state index is 0.0391. The highest BCUT2D eigenvalue weighted by molar-refractivity contribution is 5.99. The fourth-order valence-corrected chi connectivity index (χ4v) is 4.58. The lowest BCUT2D eigenvalue weighted by atomic mass is 9.67. The third-order valence-electron chi connectivity index (χ3n) is 6.71. The summed E-state index contributed by atoms with van der Waals surface area (Å²) in [5, 5.41) is 22.5. The summed E-state index contributed by atoms with van der Waals surface area (Å²) >= 11 is 0. The number of fused-ring (bicyclic) bond motifs is 1. The van der Waals surface area contributed by atoms with E-state index in [1.807, 2.05) is 38.1 Å². The molecule has 9 nitrogen and oxygen atoms in total. The summed E-state index contributed by atoms with van der Waals surface area (Å²) in [6, 6.07) is 14.2. The molecule has 0 atom stereocenters. The number of aromatic nitrogens is 3. The predicted molar refractivity (Wildman–Crippen MR) is 138 cm³/mol. The highest BCUT2D eigenvalue weighted by atomic mass is 16.1. The maximum absolute atomic E-state index is 12.9. The van der Waals surface area contributed by atoms with Crippen LogP contribution in [0.3, 0.4) is 0 Å². The lowest BCUT2D eigenvalue weighted by Gasteiger charge is -2.34. The smallest absolute Gasteiger partial charge is 0.256 e. The maximum atomic E-state index is 12.9. The molecule has 0 spiro atoms. The van der Waals surface area contributed by atoms with Crippen LogP contribution >= 0.6 is 0 Å². The molecule has 1 saturated carbocycles. The Bertz CT molecular complexity index is 1330. The quantitative estimate of drug-likeness (QED) is 0.397. The van der Waals surface area contributed by atoms with Crippen molar-refractivity contribution in [3.63, 3.8) is 0 Å². The van der Waals surface area contributed by atoms with Crippen LogP contribution in [0, 0.1) is 11.3 Å². The van der Waals surface area contributed by atoms with Gasteiger partial charge in [0.05, 0.1) is 17.2 Å². The SMILES string of the molecule is CC(C)NC(=O)c1cnc(Nc2ccc3c(c2)CNCC3)nc1Nc1cccc(C2(C#N)CCC2)n1. The van der Waals surface area contributed by atoms with E-state index >= 15 is 0 Å². The number of hydrogen-bond donors (Lipinski definition) is 4. The zero-order valence-corrected chi connectivity index (χ0v) is 20.6. The van der Waals surface area contributed by atoms with E-state index in [0.717, 1.165) is 50.2 Å². The van der Waals surface area contributed by atoms with Crippen LogP contribution in [0.25, 0.3) is 0 Å². The second-order valence-electron chi connectivity index (χ2n) is 9.70. The number of hydrogen-bond acceptors (Lipinski definition) is 8. The van der Waals surface area contributed by atoms with Crippen LogP contribution in [0.2, 0.25) is 0 Å². The lowest BCUT2D eigenvalue weighted by molar-refractivity contribution is 0.0943. The molecule has 0 radical (unpaired) electrons. The minimum atomic E-state index is -0.533. The van der Waals surface area contributed by atoms with Gasteiger partial charge in [0.2, 0.25) is 5.95 Å². The molecule has 1 aliphatic carbocycles. The molecular formula is C27H30N8O. The Hall–Kier alpha value is -4.03. The second-order valence-corrected chi connectivity index (χ2v) is 9.70. The van der Waals surface area contributed by atoms with Gasteiger partial charge in [-0.15, -0.1) is 0 Å². The Morgan fingerprint density at radius 1 is 1.14 bits per heavy atom. The molecule has 184 valence electrons. The van der Waals surface area contributed by atoms with Gasteiger partial charge in [-0.2, -0.15) is 10.2 Å². The molecule has 36 heavy (non-hydrogen) atoms. The first kappa shape index (κ1) is 23.7. The standard InChI is InChI=1S/C27H30N8O/c1-17(2)31-25(36)21-15-30-26(32-20-8-7-18-9-12-29-14-19(18)13-20)35-24(21)34-23-6-3-5-22(33-23)27(16-28)10-4-11-27/h3,5-8,13,15,17,29H,4,9-12,14H2,1-2H3,(H,31,36)(H2,30,32,33,34,35). The highest BCUT2D eigenvalue weighted by Gasteiger charge is 2.40. The summed E-state index contributed by atoms with van der Waals surface area (Å²) in [4.78, 5) is 26.6. The van der Waals surface area contributed by atoms with E-state index in [0.29, 0.717) is 23.1 Å². The van der Waals surface area contributed by atoms with Crippen molar-refractivity contribution in [3.8, 4) is 6.07 Å². The molecule has 1 amide bonds. The molecule has 3 heterocycles. The van der Waals surface area contributed by atoms with Crippen LogP contribution in [0.5, 0.6) is 0 Å². The van der Waals surface area contributed by atoms with Gasteiger partial charge >= 0.3 is 0 Å². The van der Waals surface area contributed by atoms with Crippen molar-refractivity contribution in [2.24, 2.45) is 0 Å². The molecule has 5 rings (SSSR count).